The quantitative estimate of drug-likeness (QED) is 0.822. The second kappa shape index (κ2) is 5.28. The van der Waals surface area contributed by atoms with Crippen LogP contribution in [-0.4, -0.2) is 83.2 Å². The number of carbonyl (C=O) groups is 1. The van der Waals surface area contributed by atoms with Crippen molar-refractivity contribution in [2.75, 3.05) is 39.8 Å². The van der Waals surface area contributed by atoms with Crippen molar-refractivity contribution in [1.29, 1.82) is 0 Å². The van der Waals surface area contributed by atoms with E-state index >= 15 is 0 Å². The smallest absolute Gasteiger partial charge is 0.305 e. The van der Waals surface area contributed by atoms with Crippen LogP contribution in [0.3, 0.4) is 0 Å². The van der Waals surface area contributed by atoms with Gasteiger partial charge in [0, 0.05) is 50.3 Å². The van der Waals surface area contributed by atoms with Crippen LogP contribution in [-0.2, 0) is 4.79 Å². The maximum atomic E-state index is 11.4. The van der Waals surface area contributed by atoms with Gasteiger partial charge in [-0.25, -0.2) is 0 Å². The Morgan fingerprint density at radius 3 is 2.45 bits per heavy atom. The molecule has 1 saturated carbocycles. The molecule has 2 atom stereocenters. The normalized spacial score (nSPS) is 37.4. The van der Waals surface area contributed by atoms with Gasteiger partial charge < -0.3 is 10.0 Å². The van der Waals surface area contributed by atoms with Crippen molar-refractivity contribution >= 4 is 5.97 Å². The zero-order chi connectivity index (χ0) is 14.3. The van der Waals surface area contributed by atoms with E-state index in [0.29, 0.717) is 12.5 Å². The molecule has 114 valence electrons. The Morgan fingerprint density at radius 1 is 1.25 bits per heavy atom. The van der Waals surface area contributed by atoms with E-state index in [-0.39, 0.29) is 5.54 Å². The lowest BCUT2D eigenvalue weighted by atomic mass is 9.89. The molecule has 0 spiro atoms. The van der Waals surface area contributed by atoms with Gasteiger partial charge in [-0.05, 0) is 33.2 Å². The molecular formula is C15H27N3O2. The van der Waals surface area contributed by atoms with Gasteiger partial charge in [0.15, 0.2) is 0 Å². The summed E-state index contributed by atoms with van der Waals surface area (Å²) in [5, 5.41) is 9.39. The molecule has 2 unspecified atom stereocenters. The van der Waals surface area contributed by atoms with Crippen LogP contribution < -0.4 is 0 Å². The highest BCUT2D eigenvalue weighted by atomic mass is 16.4. The summed E-state index contributed by atoms with van der Waals surface area (Å²) in [4.78, 5) is 18.8. The summed E-state index contributed by atoms with van der Waals surface area (Å²) < 4.78 is 0. The predicted octanol–water partition coefficient (Wildman–Crippen LogP) is 0.704. The predicted molar refractivity (Wildman–Crippen MR) is 77.9 cm³/mol. The van der Waals surface area contributed by atoms with Gasteiger partial charge in [0.25, 0.3) is 0 Å². The molecule has 5 nitrogen and oxygen atoms in total. The van der Waals surface area contributed by atoms with Crippen LogP contribution in [0.1, 0.15) is 32.6 Å². The summed E-state index contributed by atoms with van der Waals surface area (Å²) in [6.45, 7) is 7.36. The molecule has 0 bridgehead atoms. The number of likely N-dealkylation sites (N-methyl/N-ethyl adjacent to an activating group) is 1. The number of nitrogens with zero attached hydrogens (tertiary/aromatic N) is 3. The maximum Gasteiger partial charge on any atom is 0.305 e. The molecule has 0 amide bonds. The Hall–Kier alpha value is -0.650. The molecule has 0 aromatic carbocycles. The zero-order valence-corrected chi connectivity index (χ0v) is 12.7. The fraction of sp³-hybridized carbons (Fsp3) is 0.933. The molecule has 20 heavy (non-hydrogen) atoms. The van der Waals surface area contributed by atoms with E-state index in [1.54, 1.807) is 0 Å². The first kappa shape index (κ1) is 14.3. The molecule has 0 aromatic heterocycles. The van der Waals surface area contributed by atoms with Crippen molar-refractivity contribution in [1.82, 2.24) is 14.7 Å². The van der Waals surface area contributed by atoms with Crippen LogP contribution in [0.15, 0.2) is 0 Å². The third kappa shape index (κ3) is 2.71. The summed E-state index contributed by atoms with van der Waals surface area (Å²) in [5.74, 6) is -0.645. The van der Waals surface area contributed by atoms with E-state index in [1.807, 2.05) is 0 Å². The van der Waals surface area contributed by atoms with Gasteiger partial charge in [0.1, 0.15) is 0 Å². The van der Waals surface area contributed by atoms with Crippen LogP contribution in [0.5, 0.6) is 0 Å². The first-order valence-corrected chi connectivity index (χ1v) is 7.91. The molecule has 3 fully saturated rings. The minimum atomic E-state index is -0.645. The van der Waals surface area contributed by atoms with Crippen molar-refractivity contribution in [2.45, 2.75) is 50.2 Å². The van der Waals surface area contributed by atoms with Gasteiger partial charge in [-0.3, -0.25) is 14.6 Å². The van der Waals surface area contributed by atoms with E-state index < -0.39 is 5.97 Å². The van der Waals surface area contributed by atoms with Crippen LogP contribution >= 0.6 is 0 Å². The number of hydrogen-bond donors (Lipinski definition) is 1. The van der Waals surface area contributed by atoms with Gasteiger partial charge in [-0.1, -0.05) is 0 Å². The minimum absolute atomic E-state index is 0.130. The maximum absolute atomic E-state index is 11.4. The van der Waals surface area contributed by atoms with Crippen molar-refractivity contribution in [3.8, 4) is 0 Å². The Bertz CT molecular complexity index is 377. The zero-order valence-electron chi connectivity index (χ0n) is 12.7. The summed E-state index contributed by atoms with van der Waals surface area (Å²) in [6.07, 6.45) is 3.91. The van der Waals surface area contributed by atoms with E-state index in [2.05, 4.69) is 28.7 Å². The van der Waals surface area contributed by atoms with Gasteiger partial charge >= 0.3 is 5.97 Å². The summed E-state index contributed by atoms with van der Waals surface area (Å²) in [5.41, 5.74) is -0.130. The molecule has 5 heteroatoms. The highest BCUT2D eigenvalue weighted by molar-refractivity contribution is 5.68. The highest BCUT2D eigenvalue weighted by Crippen LogP contribution is 2.41. The van der Waals surface area contributed by atoms with Crippen molar-refractivity contribution < 1.29 is 9.90 Å². The van der Waals surface area contributed by atoms with Crippen molar-refractivity contribution in [3.05, 3.63) is 0 Å². The molecule has 0 radical (unpaired) electrons. The number of carboxylic acids is 1. The molecule has 2 heterocycles. The van der Waals surface area contributed by atoms with Crippen LogP contribution in [0.25, 0.3) is 0 Å². The second-order valence-corrected chi connectivity index (χ2v) is 7.04. The average Bonchev–Trinajstić information content (AvgIpc) is 3.15. The Labute approximate surface area is 121 Å². The van der Waals surface area contributed by atoms with E-state index in [1.165, 1.54) is 12.8 Å². The Kier molecular flexibility index (Phi) is 3.77. The molecule has 2 saturated heterocycles. The number of aliphatic carboxylic acids is 1. The molecular weight excluding hydrogens is 254 g/mol. The molecule has 0 aromatic rings. The molecule has 3 rings (SSSR count). The SMILES string of the molecule is CC1CC(CC(=O)O)(N2CCN(C)CC2)CN1C1CC1. The summed E-state index contributed by atoms with van der Waals surface area (Å²) >= 11 is 0. The van der Waals surface area contributed by atoms with Crippen LogP contribution in [0, 0.1) is 0 Å². The van der Waals surface area contributed by atoms with E-state index in [4.69, 9.17) is 0 Å². The van der Waals surface area contributed by atoms with E-state index in [0.717, 1.165) is 45.2 Å². The number of piperazine rings is 1. The lowest BCUT2D eigenvalue weighted by Gasteiger charge is -2.44. The van der Waals surface area contributed by atoms with Crippen molar-refractivity contribution in [3.63, 3.8) is 0 Å². The fourth-order valence-electron chi connectivity index (χ4n) is 4.15. The third-order valence-electron chi connectivity index (χ3n) is 5.39. The monoisotopic (exact) mass is 281 g/mol. The highest BCUT2D eigenvalue weighted by Gasteiger charge is 2.51. The Balaban J connectivity index is 1.76. The number of likely N-dealkylation sites (tertiary alicyclic amines) is 1. The number of carboxylic acid groups (broad SMARTS) is 1. The lowest BCUT2D eigenvalue weighted by Crippen LogP contribution is -2.58. The molecule has 2 aliphatic heterocycles. The van der Waals surface area contributed by atoms with Gasteiger partial charge in [-0.15, -0.1) is 0 Å². The largest absolute Gasteiger partial charge is 0.481 e. The van der Waals surface area contributed by atoms with Crippen LogP contribution in [0.4, 0.5) is 0 Å². The molecule has 1 N–H and O–H groups in total. The van der Waals surface area contributed by atoms with Gasteiger partial charge in [0.2, 0.25) is 0 Å². The second-order valence-electron chi connectivity index (χ2n) is 7.04. The number of rotatable bonds is 4. The number of hydrogen-bond acceptors (Lipinski definition) is 4. The van der Waals surface area contributed by atoms with Crippen molar-refractivity contribution in [2.24, 2.45) is 0 Å². The van der Waals surface area contributed by atoms with Gasteiger partial charge in [0.05, 0.1) is 6.42 Å². The first-order chi connectivity index (χ1) is 9.50. The Morgan fingerprint density at radius 2 is 1.90 bits per heavy atom. The fourth-order valence-corrected chi connectivity index (χ4v) is 4.15. The third-order valence-corrected chi connectivity index (χ3v) is 5.39. The minimum Gasteiger partial charge on any atom is -0.481 e. The standard InChI is InChI=1S/C15H27N3O2/c1-12-9-15(10-14(19)20,11-18(12)13-3-4-13)17-7-5-16(2)6-8-17/h12-13H,3-11H2,1-2H3,(H,19,20). The van der Waals surface area contributed by atoms with E-state index in [9.17, 15) is 9.90 Å². The molecule has 1 aliphatic carbocycles. The van der Waals surface area contributed by atoms with Gasteiger partial charge in [-0.2, -0.15) is 0 Å². The molecule has 3 aliphatic rings. The average molecular weight is 281 g/mol. The topological polar surface area (TPSA) is 47.0 Å². The first-order valence-electron chi connectivity index (χ1n) is 7.91. The lowest BCUT2D eigenvalue weighted by molar-refractivity contribution is -0.140. The summed E-state index contributed by atoms with van der Waals surface area (Å²) in [7, 11) is 2.15. The van der Waals surface area contributed by atoms with Crippen LogP contribution in [0.2, 0.25) is 0 Å². The summed E-state index contributed by atoms with van der Waals surface area (Å²) in [6, 6.07) is 1.26.